The predicted molar refractivity (Wildman–Crippen MR) is 90.0 cm³/mol. The molecule has 24 heavy (non-hydrogen) atoms. The first kappa shape index (κ1) is 17.9. The van der Waals surface area contributed by atoms with Crippen molar-refractivity contribution in [3.8, 4) is 6.07 Å². The molecular weight excluding hydrogens is 350 g/mol. The third kappa shape index (κ3) is 5.02. The number of sulfonamides is 1. The van der Waals surface area contributed by atoms with Gasteiger partial charge in [0.25, 0.3) is 10.0 Å². The average Bonchev–Trinajstić information content (AvgIpc) is 3.13. The van der Waals surface area contributed by atoms with Gasteiger partial charge in [0.2, 0.25) is 5.91 Å². The van der Waals surface area contributed by atoms with E-state index < -0.39 is 15.9 Å². The fraction of sp³-hybridized carbons (Fsp3) is 0.214. The first-order valence-corrected chi connectivity index (χ1v) is 9.28. The number of pyridine rings is 1. The zero-order valence-electron chi connectivity index (χ0n) is 12.5. The first-order chi connectivity index (χ1) is 11.5. The Kier molecular flexibility index (Phi) is 6.25. The van der Waals surface area contributed by atoms with Crippen LogP contribution in [0.1, 0.15) is 5.56 Å². The molecule has 1 amide bonds. The van der Waals surface area contributed by atoms with Crippen molar-refractivity contribution in [1.82, 2.24) is 15.0 Å². The molecular formula is C14H15N5O3S2. The van der Waals surface area contributed by atoms with Crippen molar-refractivity contribution in [3.63, 3.8) is 0 Å². The lowest BCUT2D eigenvalue weighted by Crippen LogP contribution is -2.38. The molecule has 2 rings (SSSR count). The summed E-state index contributed by atoms with van der Waals surface area (Å²) in [5, 5.41) is 16.1. The second-order valence-corrected chi connectivity index (χ2v) is 7.49. The number of amides is 1. The number of nitriles is 1. The van der Waals surface area contributed by atoms with Crippen LogP contribution in [0.2, 0.25) is 0 Å². The van der Waals surface area contributed by atoms with Gasteiger partial charge in [-0.1, -0.05) is 6.07 Å². The summed E-state index contributed by atoms with van der Waals surface area (Å²) in [6.45, 7) is 0.281. The number of carbonyl (C=O) groups is 1. The molecule has 0 aliphatic rings. The zero-order chi connectivity index (χ0) is 17.4. The fourth-order valence-corrected chi connectivity index (χ4v) is 3.75. The van der Waals surface area contributed by atoms with Gasteiger partial charge < -0.3 is 10.6 Å². The molecule has 3 N–H and O–H groups in total. The Bertz CT molecular complexity index is 828. The van der Waals surface area contributed by atoms with E-state index in [0.717, 1.165) is 11.3 Å². The monoisotopic (exact) mass is 365 g/mol. The van der Waals surface area contributed by atoms with Gasteiger partial charge in [-0.25, -0.2) is 18.1 Å². The minimum Gasteiger partial charge on any atom is -0.367 e. The number of hydrogen-bond donors (Lipinski definition) is 3. The summed E-state index contributed by atoms with van der Waals surface area (Å²) in [5.74, 6) is -0.00824. The van der Waals surface area contributed by atoms with Crippen LogP contribution in [0.15, 0.2) is 40.1 Å². The molecule has 0 spiro atoms. The Labute approximate surface area is 143 Å². The van der Waals surface area contributed by atoms with Crippen LogP contribution in [0.5, 0.6) is 0 Å². The molecule has 0 saturated heterocycles. The molecule has 2 aromatic rings. The van der Waals surface area contributed by atoms with E-state index in [1.807, 2.05) is 6.07 Å². The topological polar surface area (TPSA) is 124 Å². The van der Waals surface area contributed by atoms with Gasteiger partial charge in [0.05, 0.1) is 12.1 Å². The lowest BCUT2D eigenvalue weighted by atomic mass is 10.3. The Morgan fingerprint density at radius 3 is 2.83 bits per heavy atom. The maximum Gasteiger partial charge on any atom is 0.250 e. The van der Waals surface area contributed by atoms with E-state index in [-0.39, 0.29) is 17.3 Å². The fourth-order valence-electron chi connectivity index (χ4n) is 1.73. The van der Waals surface area contributed by atoms with Crippen molar-refractivity contribution in [1.29, 1.82) is 5.26 Å². The van der Waals surface area contributed by atoms with Crippen LogP contribution >= 0.6 is 11.3 Å². The summed E-state index contributed by atoms with van der Waals surface area (Å²) in [6, 6.07) is 8.39. The highest BCUT2D eigenvalue weighted by Gasteiger charge is 2.16. The molecule has 0 fully saturated rings. The molecule has 0 saturated carbocycles. The van der Waals surface area contributed by atoms with Gasteiger partial charge in [-0.2, -0.15) is 5.26 Å². The molecule has 0 aliphatic carbocycles. The van der Waals surface area contributed by atoms with E-state index >= 15 is 0 Å². The van der Waals surface area contributed by atoms with Crippen molar-refractivity contribution < 1.29 is 13.2 Å². The second-order valence-electron chi connectivity index (χ2n) is 4.54. The molecule has 8 nitrogen and oxygen atoms in total. The van der Waals surface area contributed by atoms with Crippen LogP contribution in [0.3, 0.4) is 0 Å². The van der Waals surface area contributed by atoms with Crippen molar-refractivity contribution in [2.24, 2.45) is 0 Å². The van der Waals surface area contributed by atoms with Crippen molar-refractivity contribution >= 4 is 33.1 Å². The highest BCUT2D eigenvalue weighted by molar-refractivity contribution is 7.91. The Balaban J connectivity index is 1.71. The number of rotatable bonds is 8. The summed E-state index contributed by atoms with van der Waals surface area (Å²) in [4.78, 5) is 15.7. The lowest BCUT2D eigenvalue weighted by Gasteiger charge is -2.09. The highest BCUT2D eigenvalue weighted by Crippen LogP contribution is 2.14. The van der Waals surface area contributed by atoms with E-state index in [4.69, 9.17) is 5.26 Å². The first-order valence-electron chi connectivity index (χ1n) is 6.92. The molecule has 0 radical (unpaired) electrons. The maximum atomic E-state index is 11.9. The minimum absolute atomic E-state index is 0.163. The zero-order valence-corrected chi connectivity index (χ0v) is 14.2. The normalized spacial score (nSPS) is 10.8. The third-order valence-electron chi connectivity index (χ3n) is 2.85. The minimum atomic E-state index is -3.65. The second kappa shape index (κ2) is 8.39. The van der Waals surface area contributed by atoms with Crippen molar-refractivity contribution in [3.05, 3.63) is 41.4 Å². The summed E-state index contributed by atoms with van der Waals surface area (Å²) in [7, 11) is -3.65. The van der Waals surface area contributed by atoms with Crippen molar-refractivity contribution in [2.45, 2.75) is 4.21 Å². The Hall–Kier alpha value is -2.48. The highest BCUT2D eigenvalue weighted by atomic mass is 32.2. The SMILES string of the molecule is N#Cc1cccnc1NCCNC(=O)CNS(=O)(=O)c1cccs1. The van der Waals surface area contributed by atoms with Crippen LogP contribution < -0.4 is 15.4 Å². The number of anilines is 1. The molecule has 10 heteroatoms. The number of carbonyl (C=O) groups excluding carboxylic acids is 1. The van der Waals surface area contributed by atoms with Crippen LogP contribution in [-0.4, -0.2) is 38.9 Å². The lowest BCUT2D eigenvalue weighted by molar-refractivity contribution is -0.119. The molecule has 126 valence electrons. The molecule has 0 bridgehead atoms. The van der Waals surface area contributed by atoms with Crippen LogP contribution in [0, 0.1) is 11.3 Å². The third-order valence-corrected chi connectivity index (χ3v) is 5.65. The van der Waals surface area contributed by atoms with Crippen LogP contribution in [0.4, 0.5) is 5.82 Å². The van der Waals surface area contributed by atoms with E-state index in [9.17, 15) is 13.2 Å². The Morgan fingerprint density at radius 2 is 2.12 bits per heavy atom. The molecule has 2 heterocycles. The van der Waals surface area contributed by atoms with E-state index in [1.165, 1.54) is 6.07 Å². The number of thiophene rings is 1. The predicted octanol–water partition coefficient (Wildman–Crippen LogP) is 0.521. The number of nitrogens with zero attached hydrogens (tertiary/aromatic N) is 2. The van der Waals surface area contributed by atoms with Gasteiger partial charge in [0.15, 0.2) is 0 Å². The Morgan fingerprint density at radius 1 is 1.29 bits per heavy atom. The maximum absolute atomic E-state index is 11.9. The average molecular weight is 365 g/mol. The summed E-state index contributed by atoms with van der Waals surface area (Å²) >= 11 is 1.08. The van der Waals surface area contributed by atoms with Gasteiger partial charge in [0.1, 0.15) is 16.1 Å². The van der Waals surface area contributed by atoms with Crippen LogP contribution in [0.25, 0.3) is 0 Å². The largest absolute Gasteiger partial charge is 0.367 e. The molecule has 0 aromatic carbocycles. The number of aromatic nitrogens is 1. The van der Waals surface area contributed by atoms with Gasteiger partial charge >= 0.3 is 0 Å². The molecule has 2 aromatic heterocycles. The molecule has 0 aliphatic heterocycles. The quantitative estimate of drug-likeness (QED) is 0.586. The van der Waals surface area contributed by atoms with E-state index in [1.54, 1.807) is 29.8 Å². The molecule has 0 atom stereocenters. The standard InChI is InChI=1S/C14H15N5O3S2/c15-9-11-3-1-5-17-14(11)18-7-6-16-12(20)10-19-24(21,22)13-4-2-8-23-13/h1-5,8,19H,6-7,10H2,(H,16,20)(H,17,18). The molecule has 0 unspecified atom stereocenters. The van der Waals surface area contributed by atoms with Gasteiger partial charge in [0, 0.05) is 19.3 Å². The summed E-state index contributed by atoms with van der Waals surface area (Å²) in [5.41, 5.74) is 0.410. The summed E-state index contributed by atoms with van der Waals surface area (Å²) in [6.07, 6.45) is 1.56. The van der Waals surface area contributed by atoms with E-state index in [2.05, 4.69) is 20.3 Å². The van der Waals surface area contributed by atoms with E-state index in [0.29, 0.717) is 17.9 Å². The summed E-state index contributed by atoms with van der Waals surface area (Å²) < 4.78 is 26.1. The van der Waals surface area contributed by atoms with Gasteiger partial charge in [-0.05, 0) is 23.6 Å². The smallest absolute Gasteiger partial charge is 0.250 e. The van der Waals surface area contributed by atoms with Gasteiger partial charge in [-0.15, -0.1) is 11.3 Å². The van der Waals surface area contributed by atoms with Crippen molar-refractivity contribution in [2.75, 3.05) is 25.0 Å². The van der Waals surface area contributed by atoms with Crippen LogP contribution in [-0.2, 0) is 14.8 Å². The van der Waals surface area contributed by atoms with Gasteiger partial charge in [-0.3, -0.25) is 4.79 Å². The number of hydrogen-bond acceptors (Lipinski definition) is 7. The number of nitrogens with one attached hydrogen (secondary N) is 3.